The minimum Gasteiger partial charge on any atom is -0.322 e. The van der Waals surface area contributed by atoms with Crippen LogP contribution in [0, 0.1) is 0 Å². The van der Waals surface area contributed by atoms with E-state index >= 15 is 0 Å². The zero-order chi connectivity index (χ0) is 24.4. The fourth-order valence-corrected chi connectivity index (χ4v) is 5.43. The first kappa shape index (κ1) is 30.1. The Bertz CT molecular complexity index is 688. The van der Waals surface area contributed by atoms with Crippen LogP contribution >= 0.6 is 0 Å². The Morgan fingerprint density at radius 1 is 0.727 bits per heavy atom. The average molecular weight is 483 g/mol. The molecule has 0 aromatic heterocycles. The van der Waals surface area contributed by atoms with E-state index in [1.807, 2.05) is 6.07 Å². The summed E-state index contributed by atoms with van der Waals surface area (Å²) in [5.41, 5.74) is 1.32. The second kappa shape index (κ2) is 17.5. The second-order valence-corrected chi connectivity index (χ2v) is 12.0. The smallest absolute Gasteiger partial charge is 0.265 e. The number of rotatable bonds is 21. The molecular formula is C28H52NO3S+. The summed E-state index contributed by atoms with van der Waals surface area (Å²) in [5.74, 6) is -0.158. The van der Waals surface area contributed by atoms with Gasteiger partial charge in [0.05, 0.1) is 26.4 Å². The van der Waals surface area contributed by atoms with Crippen LogP contribution in [0.5, 0.6) is 0 Å². The molecule has 0 saturated carbocycles. The first-order valence-electron chi connectivity index (χ1n) is 13.6. The van der Waals surface area contributed by atoms with Crippen LogP contribution < -0.4 is 0 Å². The monoisotopic (exact) mass is 482 g/mol. The molecule has 0 aliphatic heterocycles. The van der Waals surface area contributed by atoms with Crippen LogP contribution in [0.25, 0.3) is 0 Å². The van der Waals surface area contributed by atoms with Crippen molar-refractivity contribution in [2.75, 3.05) is 26.4 Å². The minimum atomic E-state index is -3.89. The van der Waals surface area contributed by atoms with Crippen LogP contribution in [0.3, 0.4) is 0 Å². The first-order chi connectivity index (χ1) is 15.8. The predicted molar refractivity (Wildman–Crippen MR) is 142 cm³/mol. The van der Waals surface area contributed by atoms with Crippen molar-refractivity contribution >= 4 is 10.1 Å². The van der Waals surface area contributed by atoms with Crippen LogP contribution in [0.15, 0.2) is 30.3 Å². The summed E-state index contributed by atoms with van der Waals surface area (Å²) in [6, 6.07) is 11.0. The van der Waals surface area contributed by atoms with Gasteiger partial charge in [0.15, 0.2) is 0 Å². The molecule has 0 spiro atoms. The van der Waals surface area contributed by atoms with Crippen molar-refractivity contribution in [2.45, 2.75) is 116 Å². The molecule has 5 heteroatoms. The van der Waals surface area contributed by atoms with E-state index in [0.29, 0.717) is 12.5 Å². The molecular weight excluding hydrogens is 430 g/mol. The molecule has 0 fully saturated rings. The normalized spacial score (nSPS) is 13.3. The van der Waals surface area contributed by atoms with Gasteiger partial charge in [0.2, 0.25) is 0 Å². The van der Waals surface area contributed by atoms with Crippen LogP contribution in [-0.4, -0.2) is 43.8 Å². The maximum Gasteiger partial charge on any atom is 0.265 e. The molecule has 0 amide bonds. The Balaban J connectivity index is 2.26. The summed E-state index contributed by atoms with van der Waals surface area (Å²) in [5, 5.41) is 0. The molecule has 33 heavy (non-hydrogen) atoms. The molecule has 0 heterocycles. The molecule has 0 radical (unpaired) electrons. The summed E-state index contributed by atoms with van der Waals surface area (Å²) in [4.78, 5) is 0. The standard InChI is InChI=1S/C28H51NO3S/c1-4-5-6-7-8-9-10-11-12-13-14-15-16-20-24-28(27-22-18-17-19-23-27)29(2,3)25-21-26-33(30,31)32/h17-19,22-23,28H,4-16,20-21,24-26H2,1-3H3/p+1. The van der Waals surface area contributed by atoms with Gasteiger partial charge in [-0.15, -0.1) is 0 Å². The van der Waals surface area contributed by atoms with Crippen molar-refractivity contribution in [3.05, 3.63) is 35.9 Å². The lowest BCUT2D eigenvalue weighted by Gasteiger charge is -2.38. The van der Waals surface area contributed by atoms with Crippen molar-refractivity contribution in [3.63, 3.8) is 0 Å². The van der Waals surface area contributed by atoms with E-state index < -0.39 is 10.1 Å². The van der Waals surface area contributed by atoms with Crippen molar-refractivity contribution in [3.8, 4) is 0 Å². The predicted octanol–water partition coefficient (Wildman–Crippen LogP) is 7.95. The average Bonchev–Trinajstić information content (AvgIpc) is 2.76. The molecule has 0 aliphatic rings. The zero-order valence-electron chi connectivity index (χ0n) is 21.8. The number of hydrogen-bond acceptors (Lipinski definition) is 2. The summed E-state index contributed by atoms with van der Waals surface area (Å²) in [7, 11) is 0.483. The molecule has 1 N–H and O–H groups in total. The number of nitrogens with zero attached hydrogens (tertiary/aromatic N) is 1. The molecule has 192 valence electrons. The fourth-order valence-electron chi connectivity index (χ4n) is 4.94. The third kappa shape index (κ3) is 15.6. The Labute approximate surface area is 205 Å². The highest BCUT2D eigenvalue weighted by Crippen LogP contribution is 2.31. The molecule has 0 aliphatic carbocycles. The van der Waals surface area contributed by atoms with E-state index in [-0.39, 0.29) is 5.75 Å². The molecule has 1 aromatic rings. The van der Waals surface area contributed by atoms with E-state index in [9.17, 15) is 8.42 Å². The van der Waals surface area contributed by atoms with Crippen molar-refractivity contribution in [1.29, 1.82) is 0 Å². The lowest BCUT2D eigenvalue weighted by Crippen LogP contribution is -2.44. The molecule has 1 rings (SSSR count). The van der Waals surface area contributed by atoms with Crippen molar-refractivity contribution < 1.29 is 17.5 Å². The topological polar surface area (TPSA) is 54.4 Å². The molecule has 4 nitrogen and oxygen atoms in total. The van der Waals surface area contributed by atoms with Gasteiger partial charge in [-0.2, -0.15) is 8.42 Å². The molecule has 1 atom stereocenters. The largest absolute Gasteiger partial charge is 0.322 e. The van der Waals surface area contributed by atoms with Crippen molar-refractivity contribution in [1.82, 2.24) is 0 Å². The van der Waals surface area contributed by atoms with E-state index in [1.54, 1.807) is 0 Å². The van der Waals surface area contributed by atoms with Crippen LogP contribution in [0.2, 0.25) is 0 Å². The minimum absolute atomic E-state index is 0.158. The van der Waals surface area contributed by atoms with Gasteiger partial charge in [-0.05, 0) is 6.42 Å². The van der Waals surface area contributed by atoms with Gasteiger partial charge in [-0.1, -0.05) is 121 Å². The summed E-state index contributed by atoms with van der Waals surface area (Å²) in [6.07, 6.45) is 20.7. The lowest BCUT2D eigenvalue weighted by molar-refractivity contribution is -0.921. The lowest BCUT2D eigenvalue weighted by atomic mass is 9.96. The molecule has 1 aromatic carbocycles. The van der Waals surface area contributed by atoms with Gasteiger partial charge in [-0.25, -0.2) is 0 Å². The maximum atomic E-state index is 11.1. The number of benzene rings is 1. The second-order valence-electron chi connectivity index (χ2n) is 10.5. The van der Waals surface area contributed by atoms with E-state index in [2.05, 4.69) is 45.3 Å². The third-order valence-electron chi connectivity index (χ3n) is 7.00. The zero-order valence-corrected chi connectivity index (χ0v) is 22.6. The fraction of sp³-hybridized carbons (Fsp3) is 0.786. The van der Waals surface area contributed by atoms with Gasteiger partial charge in [0.1, 0.15) is 6.04 Å². The van der Waals surface area contributed by atoms with Gasteiger partial charge >= 0.3 is 0 Å². The number of quaternary nitrogens is 1. The highest BCUT2D eigenvalue weighted by molar-refractivity contribution is 7.85. The Hall–Kier alpha value is -0.910. The van der Waals surface area contributed by atoms with Gasteiger partial charge in [0, 0.05) is 18.4 Å². The maximum absolute atomic E-state index is 11.1. The highest BCUT2D eigenvalue weighted by Gasteiger charge is 2.29. The van der Waals surface area contributed by atoms with Gasteiger partial charge in [0.25, 0.3) is 10.1 Å². The molecule has 1 unspecified atom stereocenters. The quantitative estimate of drug-likeness (QED) is 0.110. The third-order valence-corrected chi connectivity index (χ3v) is 7.80. The van der Waals surface area contributed by atoms with Crippen molar-refractivity contribution in [2.24, 2.45) is 0 Å². The summed E-state index contributed by atoms with van der Waals surface area (Å²) >= 11 is 0. The summed E-state index contributed by atoms with van der Waals surface area (Å²) < 4.78 is 32.1. The Morgan fingerprint density at radius 2 is 1.18 bits per heavy atom. The van der Waals surface area contributed by atoms with Crippen LogP contribution in [-0.2, 0) is 10.1 Å². The van der Waals surface area contributed by atoms with E-state index in [1.165, 1.54) is 95.5 Å². The first-order valence-corrected chi connectivity index (χ1v) is 15.2. The van der Waals surface area contributed by atoms with Crippen LogP contribution in [0.1, 0.15) is 121 Å². The summed E-state index contributed by atoms with van der Waals surface area (Å²) in [6.45, 7) is 3.01. The number of unbranched alkanes of at least 4 members (excludes halogenated alkanes) is 13. The van der Waals surface area contributed by atoms with Crippen LogP contribution in [0.4, 0.5) is 0 Å². The number of hydrogen-bond donors (Lipinski definition) is 1. The Kier molecular flexibility index (Phi) is 16.0. The molecule has 0 bridgehead atoms. The Morgan fingerprint density at radius 3 is 1.64 bits per heavy atom. The highest BCUT2D eigenvalue weighted by atomic mass is 32.2. The molecule has 0 saturated heterocycles. The van der Waals surface area contributed by atoms with E-state index in [0.717, 1.165) is 17.4 Å². The van der Waals surface area contributed by atoms with Gasteiger partial charge < -0.3 is 4.48 Å². The van der Waals surface area contributed by atoms with Gasteiger partial charge in [-0.3, -0.25) is 4.55 Å². The SMILES string of the molecule is CCCCCCCCCCCCCCCCC(c1ccccc1)[N+](C)(C)CCCS(=O)(=O)O. The van der Waals surface area contributed by atoms with E-state index in [4.69, 9.17) is 4.55 Å².